The minimum atomic E-state index is 0. The number of hydrogen-bond acceptors (Lipinski definition) is 3. The second-order valence-corrected chi connectivity index (χ2v) is 7.60. The molecule has 156 valence electrons. The van der Waals surface area contributed by atoms with Gasteiger partial charge in [-0.2, -0.15) is 0 Å². The number of aliphatic imine (C=N–C) groups is 1. The first-order valence-electron chi connectivity index (χ1n) is 10.3. The lowest BCUT2D eigenvalue weighted by atomic mass is 10.1. The maximum atomic E-state index is 11.7. The Hall–Kier alpha value is -1.35. The van der Waals surface area contributed by atoms with E-state index in [-0.39, 0.29) is 29.9 Å². The molecular weight excluding hydrogens is 465 g/mol. The normalized spacial score (nSPS) is 17.1. The number of rotatable bonds is 9. The van der Waals surface area contributed by atoms with E-state index in [1.807, 2.05) is 0 Å². The van der Waals surface area contributed by atoms with Gasteiger partial charge in [0.15, 0.2) is 5.96 Å². The quantitative estimate of drug-likeness (QED) is 0.212. The number of nitrogens with zero attached hydrogens (tertiary/aromatic N) is 2. The van der Waals surface area contributed by atoms with E-state index in [4.69, 9.17) is 0 Å². The average molecular weight is 499 g/mol. The van der Waals surface area contributed by atoms with Crippen molar-refractivity contribution in [1.29, 1.82) is 0 Å². The van der Waals surface area contributed by atoms with Crippen LogP contribution in [-0.2, 0) is 17.9 Å². The van der Waals surface area contributed by atoms with Crippen molar-refractivity contribution in [2.24, 2.45) is 4.99 Å². The van der Waals surface area contributed by atoms with Crippen molar-refractivity contribution in [2.75, 3.05) is 26.7 Å². The number of halogens is 1. The summed E-state index contributed by atoms with van der Waals surface area (Å²) in [6, 6.07) is 9.28. The largest absolute Gasteiger partial charge is 0.356 e. The highest BCUT2D eigenvalue weighted by atomic mass is 127. The van der Waals surface area contributed by atoms with Crippen LogP contribution in [0.4, 0.5) is 0 Å². The topological polar surface area (TPSA) is 68.8 Å². The Labute approximate surface area is 186 Å². The number of nitrogens with one attached hydrogen (secondary N) is 3. The van der Waals surface area contributed by atoms with Gasteiger partial charge >= 0.3 is 0 Å². The molecule has 0 radical (unpaired) electrons. The first kappa shape index (κ1) is 22.9. The molecule has 1 saturated carbocycles. The number of likely N-dealkylation sites (tertiary alicyclic amines) is 1. The Kier molecular flexibility index (Phi) is 10.0. The zero-order chi connectivity index (χ0) is 18.9. The molecule has 6 nitrogen and oxygen atoms in total. The monoisotopic (exact) mass is 499 g/mol. The van der Waals surface area contributed by atoms with Crippen LogP contribution in [0.15, 0.2) is 29.3 Å². The van der Waals surface area contributed by atoms with Gasteiger partial charge in [0.2, 0.25) is 5.91 Å². The molecule has 0 spiro atoms. The van der Waals surface area contributed by atoms with Crippen LogP contribution >= 0.6 is 24.0 Å². The lowest BCUT2D eigenvalue weighted by Gasteiger charge is -2.15. The van der Waals surface area contributed by atoms with Crippen molar-refractivity contribution in [3.63, 3.8) is 0 Å². The molecule has 7 heteroatoms. The zero-order valence-electron chi connectivity index (χ0n) is 16.9. The SMILES string of the molecule is CN=C(NCCCC(=O)NC1CC1)NCc1ccc(CN2CCCC2)cc1.I. The lowest BCUT2D eigenvalue weighted by Crippen LogP contribution is -2.37. The molecule has 0 unspecified atom stereocenters. The lowest BCUT2D eigenvalue weighted by molar-refractivity contribution is -0.121. The standard InChI is InChI=1S/C21H33N5O.HI/c1-22-21(23-12-4-5-20(27)25-19-10-11-19)24-15-17-6-8-18(9-7-17)16-26-13-2-3-14-26;/h6-9,19H,2-5,10-16H2,1H3,(H,25,27)(H2,22,23,24);1H. The predicted octanol–water partition coefficient (Wildman–Crippen LogP) is 2.62. The third-order valence-electron chi connectivity index (χ3n) is 5.13. The molecule has 0 aromatic heterocycles. The molecule has 2 fully saturated rings. The highest BCUT2D eigenvalue weighted by Crippen LogP contribution is 2.18. The molecule has 28 heavy (non-hydrogen) atoms. The Morgan fingerprint density at radius 3 is 2.43 bits per heavy atom. The zero-order valence-corrected chi connectivity index (χ0v) is 19.2. The first-order chi connectivity index (χ1) is 13.2. The van der Waals surface area contributed by atoms with Gasteiger partial charge in [-0.1, -0.05) is 24.3 Å². The van der Waals surface area contributed by atoms with Crippen LogP contribution in [-0.4, -0.2) is 49.5 Å². The summed E-state index contributed by atoms with van der Waals surface area (Å²) in [5.74, 6) is 0.940. The summed E-state index contributed by atoms with van der Waals surface area (Å²) in [6.45, 7) is 5.00. The van der Waals surface area contributed by atoms with Crippen LogP contribution in [0.3, 0.4) is 0 Å². The van der Waals surface area contributed by atoms with Crippen molar-refractivity contribution in [1.82, 2.24) is 20.9 Å². The van der Waals surface area contributed by atoms with Crippen LogP contribution in [0.5, 0.6) is 0 Å². The van der Waals surface area contributed by atoms with E-state index in [0.29, 0.717) is 12.5 Å². The summed E-state index contributed by atoms with van der Waals surface area (Å²) in [4.78, 5) is 18.4. The number of benzene rings is 1. The van der Waals surface area contributed by atoms with Crippen molar-refractivity contribution in [2.45, 2.75) is 57.7 Å². The molecule has 0 atom stereocenters. The van der Waals surface area contributed by atoms with Crippen LogP contribution in [0.25, 0.3) is 0 Å². The fourth-order valence-electron chi connectivity index (χ4n) is 3.35. The minimum Gasteiger partial charge on any atom is -0.356 e. The first-order valence-corrected chi connectivity index (χ1v) is 10.3. The van der Waals surface area contributed by atoms with Crippen molar-refractivity contribution >= 4 is 35.8 Å². The number of amides is 1. The molecule has 3 N–H and O–H groups in total. The second-order valence-electron chi connectivity index (χ2n) is 7.60. The van der Waals surface area contributed by atoms with E-state index in [1.165, 1.54) is 37.1 Å². The van der Waals surface area contributed by atoms with Crippen molar-refractivity contribution in [3.8, 4) is 0 Å². The summed E-state index contributed by atoms with van der Waals surface area (Å²) in [5, 5.41) is 9.63. The Morgan fingerprint density at radius 1 is 1.11 bits per heavy atom. The Balaban J connectivity index is 0.00000280. The van der Waals surface area contributed by atoms with Gasteiger partial charge in [-0.05, 0) is 56.3 Å². The molecule has 1 aromatic rings. The molecule has 1 aliphatic carbocycles. The van der Waals surface area contributed by atoms with Gasteiger partial charge in [0, 0.05) is 39.1 Å². The van der Waals surface area contributed by atoms with Gasteiger partial charge in [0.25, 0.3) is 0 Å². The molecule has 1 heterocycles. The van der Waals surface area contributed by atoms with Gasteiger partial charge in [0.1, 0.15) is 0 Å². The third kappa shape index (κ3) is 8.34. The number of guanidine groups is 1. The summed E-state index contributed by atoms with van der Waals surface area (Å²) in [6.07, 6.45) is 6.32. The highest BCUT2D eigenvalue weighted by Gasteiger charge is 2.22. The summed E-state index contributed by atoms with van der Waals surface area (Å²) < 4.78 is 0. The fourth-order valence-corrected chi connectivity index (χ4v) is 3.35. The van der Waals surface area contributed by atoms with E-state index < -0.39 is 0 Å². The molecule has 1 aromatic carbocycles. The maximum Gasteiger partial charge on any atom is 0.220 e. The van der Waals surface area contributed by atoms with E-state index in [9.17, 15) is 4.79 Å². The van der Waals surface area contributed by atoms with Gasteiger partial charge < -0.3 is 16.0 Å². The van der Waals surface area contributed by atoms with Crippen LogP contribution in [0.2, 0.25) is 0 Å². The van der Waals surface area contributed by atoms with E-state index >= 15 is 0 Å². The number of carbonyl (C=O) groups is 1. The average Bonchev–Trinajstić information content (AvgIpc) is 3.34. The number of carbonyl (C=O) groups excluding carboxylic acids is 1. The van der Waals surface area contributed by atoms with Crippen molar-refractivity contribution in [3.05, 3.63) is 35.4 Å². The minimum absolute atomic E-state index is 0. The Morgan fingerprint density at radius 2 is 1.79 bits per heavy atom. The smallest absolute Gasteiger partial charge is 0.220 e. The molecule has 1 aliphatic heterocycles. The fraction of sp³-hybridized carbons (Fsp3) is 0.619. The van der Waals surface area contributed by atoms with Gasteiger partial charge in [-0.15, -0.1) is 24.0 Å². The molecule has 2 aliphatic rings. The second kappa shape index (κ2) is 12.3. The summed E-state index contributed by atoms with van der Waals surface area (Å²) in [7, 11) is 1.77. The van der Waals surface area contributed by atoms with E-state index in [1.54, 1.807) is 7.05 Å². The molecule has 1 saturated heterocycles. The predicted molar refractivity (Wildman–Crippen MR) is 125 cm³/mol. The van der Waals surface area contributed by atoms with E-state index in [2.05, 4.69) is 50.1 Å². The van der Waals surface area contributed by atoms with Gasteiger partial charge in [-0.25, -0.2) is 0 Å². The van der Waals surface area contributed by atoms with Crippen LogP contribution in [0.1, 0.15) is 49.7 Å². The van der Waals surface area contributed by atoms with Gasteiger partial charge in [-0.3, -0.25) is 14.7 Å². The van der Waals surface area contributed by atoms with Gasteiger partial charge in [0.05, 0.1) is 0 Å². The Bertz CT molecular complexity index is 624. The molecule has 3 rings (SSSR count). The summed E-state index contributed by atoms with van der Waals surface area (Å²) >= 11 is 0. The molecule has 0 bridgehead atoms. The van der Waals surface area contributed by atoms with Crippen molar-refractivity contribution < 1.29 is 4.79 Å². The maximum absolute atomic E-state index is 11.7. The number of hydrogen-bond donors (Lipinski definition) is 3. The third-order valence-corrected chi connectivity index (χ3v) is 5.13. The molecule has 1 amide bonds. The van der Waals surface area contributed by atoms with Crippen LogP contribution in [0, 0.1) is 0 Å². The van der Waals surface area contributed by atoms with E-state index in [0.717, 1.165) is 44.9 Å². The summed E-state index contributed by atoms with van der Waals surface area (Å²) in [5.41, 5.74) is 2.62. The molecular formula is C21H34IN5O. The van der Waals surface area contributed by atoms with Crippen LogP contribution < -0.4 is 16.0 Å². The highest BCUT2D eigenvalue weighted by molar-refractivity contribution is 14.0.